The first kappa shape index (κ1) is 11.6. The molecule has 1 aromatic carbocycles. The second-order valence-electron chi connectivity index (χ2n) is 4.72. The molecular weight excluding hydrogens is 201 g/mol. The van der Waals surface area contributed by atoms with Crippen LogP contribution >= 0.6 is 0 Å². The van der Waals surface area contributed by atoms with E-state index in [1.165, 1.54) is 37.7 Å². The molecule has 1 aliphatic rings. The Balaban J connectivity index is 2.11. The average molecular weight is 221 g/mol. The van der Waals surface area contributed by atoms with Crippen LogP contribution in [0.5, 0.6) is 0 Å². The summed E-state index contributed by atoms with van der Waals surface area (Å²) < 4.78 is 13.2. The van der Waals surface area contributed by atoms with Gasteiger partial charge in [0.1, 0.15) is 5.82 Å². The number of aryl methyl sites for hydroxylation is 1. The highest BCUT2D eigenvalue weighted by atomic mass is 19.1. The van der Waals surface area contributed by atoms with Crippen molar-refractivity contribution in [3.63, 3.8) is 0 Å². The van der Waals surface area contributed by atoms with Gasteiger partial charge in [-0.05, 0) is 43.5 Å². The molecule has 0 aromatic heterocycles. The molecule has 0 radical (unpaired) electrons. The van der Waals surface area contributed by atoms with Crippen molar-refractivity contribution < 1.29 is 4.39 Å². The smallest absolute Gasteiger partial charge is 0.126 e. The van der Waals surface area contributed by atoms with E-state index in [0.29, 0.717) is 6.04 Å². The molecule has 1 nitrogen and oxygen atoms in total. The monoisotopic (exact) mass is 221 g/mol. The molecule has 1 aliphatic heterocycles. The van der Waals surface area contributed by atoms with Crippen molar-refractivity contribution in [2.75, 3.05) is 6.54 Å². The van der Waals surface area contributed by atoms with E-state index >= 15 is 0 Å². The second kappa shape index (κ2) is 5.44. The molecule has 16 heavy (non-hydrogen) atoms. The summed E-state index contributed by atoms with van der Waals surface area (Å²) in [5.74, 6) is -0.102. The van der Waals surface area contributed by atoms with Crippen LogP contribution in [0.4, 0.5) is 4.39 Å². The van der Waals surface area contributed by atoms with E-state index in [9.17, 15) is 4.39 Å². The summed E-state index contributed by atoms with van der Waals surface area (Å²) in [6.45, 7) is 2.92. The molecule has 1 N–H and O–H groups in total. The number of benzene rings is 1. The van der Waals surface area contributed by atoms with Gasteiger partial charge in [-0.15, -0.1) is 0 Å². The Morgan fingerprint density at radius 1 is 1.19 bits per heavy atom. The molecule has 1 aromatic rings. The summed E-state index contributed by atoms with van der Waals surface area (Å²) in [4.78, 5) is 0. The van der Waals surface area contributed by atoms with E-state index in [1.54, 1.807) is 6.07 Å². The first-order valence-electron chi connectivity index (χ1n) is 6.27. The fraction of sp³-hybridized carbons (Fsp3) is 0.571. The summed E-state index contributed by atoms with van der Waals surface area (Å²) in [6.07, 6.45) is 6.37. The highest BCUT2D eigenvalue weighted by Gasteiger charge is 2.13. The molecule has 0 saturated carbocycles. The molecule has 0 amide bonds. The van der Waals surface area contributed by atoms with Crippen molar-refractivity contribution in [1.82, 2.24) is 5.32 Å². The van der Waals surface area contributed by atoms with Crippen LogP contribution in [0.3, 0.4) is 0 Å². The van der Waals surface area contributed by atoms with Crippen LogP contribution in [-0.2, 0) is 0 Å². The molecule has 1 heterocycles. The van der Waals surface area contributed by atoms with E-state index in [4.69, 9.17) is 0 Å². The molecule has 2 rings (SSSR count). The summed E-state index contributed by atoms with van der Waals surface area (Å²) in [5, 5.41) is 3.56. The summed E-state index contributed by atoms with van der Waals surface area (Å²) >= 11 is 0. The molecule has 2 heteroatoms. The SMILES string of the molecule is Cc1cc(C2CCCCCCN2)ccc1F. The van der Waals surface area contributed by atoms with Gasteiger partial charge >= 0.3 is 0 Å². The van der Waals surface area contributed by atoms with Gasteiger partial charge in [-0.2, -0.15) is 0 Å². The highest BCUT2D eigenvalue weighted by molar-refractivity contribution is 5.26. The zero-order valence-electron chi connectivity index (χ0n) is 9.93. The predicted octanol–water partition coefficient (Wildman–Crippen LogP) is 3.73. The first-order valence-corrected chi connectivity index (χ1v) is 6.27. The van der Waals surface area contributed by atoms with E-state index in [0.717, 1.165) is 12.1 Å². The van der Waals surface area contributed by atoms with Gasteiger partial charge in [-0.3, -0.25) is 0 Å². The predicted molar refractivity (Wildman–Crippen MR) is 65.0 cm³/mol. The maximum absolute atomic E-state index is 13.2. The van der Waals surface area contributed by atoms with Crippen LogP contribution in [0.15, 0.2) is 18.2 Å². The van der Waals surface area contributed by atoms with Crippen LogP contribution < -0.4 is 5.32 Å². The number of hydrogen-bond acceptors (Lipinski definition) is 1. The molecular formula is C14H20FN. The Hall–Kier alpha value is -0.890. The van der Waals surface area contributed by atoms with Crippen LogP contribution in [0.2, 0.25) is 0 Å². The molecule has 88 valence electrons. The minimum atomic E-state index is -0.102. The summed E-state index contributed by atoms with van der Waals surface area (Å²) in [7, 11) is 0. The van der Waals surface area contributed by atoms with Crippen molar-refractivity contribution in [3.05, 3.63) is 35.1 Å². The summed E-state index contributed by atoms with van der Waals surface area (Å²) in [6, 6.07) is 5.90. The van der Waals surface area contributed by atoms with E-state index in [-0.39, 0.29) is 5.82 Å². The van der Waals surface area contributed by atoms with Crippen molar-refractivity contribution in [3.8, 4) is 0 Å². The maximum atomic E-state index is 13.2. The molecule has 1 fully saturated rings. The molecule has 0 bridgehead atoms. The fourth-order valence-corrected chi connectivity index (χ4v) is 2.37. The summed E-state index contributed by atoms with van der Waals surface area (Å²) in [5.41, 5.74) is 1.99. The minimum Gasteiger partial charge on any atom is -0.310 e. The molecule has 0 aliphatic carbocycles. The Labute approximate surface area is 97.1 Å². The van der Waals surface area contributed by atoms with Crippen molar-refractivity contribution in [1.29, 1.82) is 0 Å². The Kier molecular flexibility index (Phi) is 3.94. The van der Waals surface area contributed by atoms with E-state index in [2.05, 4.69) is 5.32 Å². The van der Waals surface area contributed by atoms with Gasteiger partial charge in [0, 0.05) is 6.04 Å². The quantitative estimate of drug-likeness (QED) is 0.762. The van der Waals surface area contributed by atoms with Gasteiger partial charge in [0.25, 0.3) is 0 Å². The van der Waals surface area contributed by atoms with Gasteiger partial charge in [0.15, 0.2) is 0 Å². The van der Waals surface area contributed by atoms with Gasteiger partial charge in [0.05, 0.1) is 0 Å². The fourth-order valence-electron chi connectivity index (χ4n) is 2.37. The lowest BCUT2D eigenvalue weighted by molar-refractivity contribution is 0.426. The highest BCUT2D eigenvalue weighted by Crippen LogP contribution is 2.23. The van der Waals surface area contributed by atoms with Gasteiger partial charge in [0.2, 0.25) is 0 Å². The third-order valence-electron chi connectivity index (χ3n) is 3.39. The number of nitrogens with one attached hydrogen (secondary N) is 1. The minimum absolute atomic E-state index is 0.102. The van der Waals surface area contributed by atoms with Gasteiger partial charge in [-0.1, -0.05) is 31.4 Å². The third-order valence-corrected chi connectivity index (χ3v) is 3.39. The van der Waals surface area contributed by atoms with Crippen LogP contribution in [0.25, 0.3) is 0 Å². The van der Waals surface area contributed by atoms with Gasteiger partial charge < -0.3 is 5.32 Å². The first-order chi connectivity index (χ1) is 7.77. The number of halogens is 1. The van der Waals surface area contributed by atoms with E-state index < -0.39 is 0 Å². The van der Waals surface area contributed by atoms with Gasteiger partial charge in [-0.25, -0.2) is 4.39 Å². The van der Waals surface area contributed by atoms with Crippen molar-refractivity contribution in [2.45, 2.75) is 45.1 Å². The lowest BCUT2D eigenvalue weighted by Crippen LogP contribution is -2.24. The van der Waals surface area contributed by atoms with Crippen molar-refractivity contribution in [2.24, 2.45) is 0 Å². The van der Waals surface area contributed by atoms with E-state index in [1.807, 2.05) is 19.1 Å². The van der Waals surface area contributed by atoms with Crippen molar-refractivity contribution >= 4 is 0 Å². The normalized spacial score (nSPS) is 22.5. The molecule has 1 unspecified atom stereocenters. The Morgan fingerprint density at radius 2 is 2.00 bits per heavy atom. The Morgan fingerprint density at radius 3 is 2.81 bits per heavy atom. The average Bonchev–Trinajstić information content (AvgIpc) is 2.22. The zero-order chi connectivity index (χ0) is 11.4. The standard InChI is InChI=1S/C14H20FN/c1-11-10-12(7-8-13(11)15)14-6-4-2-3-5-9-16-14/h7-8,10,14,16H,2-6,9H2,1H3. The number of hydrogen-bond donors (Lipinski definition) is 1. The van der Waals surface area contributed by atoms with Crippen LogP contribution in [0, 0.1) is 12.7 Å². The lowest BCUT2D eigenvalue weighted by atomic mass is 9.96. The molecule has 1 atom stereocenters. The van der Waals surface area contributed by atoms with Crippen LogP contribution in [-0.4, -0.2) is 6.54 Å². The van der Waals surface area contributed by atoms with Crippen LogP contribution in [0.1, 0.15) is 49.3 Å². The second-order valence-corrected chi connectivity index (χ2v) is 4.72. The topological polar surface area (TPSA) is 12.0 Å². The Bertz CT molecular complexity index is 341. The molecule has 0 spiro atoms. The lowest BCUT2D eigenvalue weighted by Gasteiger charge is -2.22. The molecule has 1 saturated heterocycles. The largest absolute Gasteiger partial charge is 0.310 e. The maximum Gasteiger partial charge on any atom is 0.126 e. The third kappa shape index (κ3) is 2.82. The number of rotatable bonds is 1. The zero-order valence-corrected chi connectivity index (χ0v) is 9.93.